The molecule has 1 aromatic carbocycles. The Bertz CT molecular complexity index is 409. The first-order chi connectivity index (χ1) is 7.34. The Kier molecular flexibility index (Phi) is 3.15. The van der Waals surface area contributed by atoms with Crippen molar-refractivity contribution in [2.24, 2.45) is 0 Å². The van der Waals surface area contributed by atoms with Gasteiger partial charge in [0.2, 0.25) is 0 Å². The van der Waals surface area contributed by atoms with E-state index in [2.05, 4.69) is 41.7 Å². The van der Waals surface area contributed by atoms with Gasteiger partial charge in [-0.05, 0) is 12.5 Å². The predicted octanol–water partition coefficient (Wildman–Crippen LogP) is 2.27. The van der Waals surface area contributed by atoms with Crippen molar-refractivity contribution in [2.45, 2.75) is 20.0 Å². The quantitative estimate of drug-likeness (QED) is 0.826. The summed E-state index contributed by atoms with van der Waals surface area (Å²) in [5.41, 5.74) is 2.57. The number of hydrogen-bond acceptors (Lipinski definition) is 3. The fourth-order valence-electron chi connectivity index (χ4n) is 1.49. The number of aryl methyl sites for hydroxylation is 1. The molecule has 0 bridgehead atoms. The van der Waals surface area contributed by atoms with Gasteiger partial charge in [-0.3, -0.25) is 0 Å². The lowest BCUT2D eigenvalue weighted by Crippen LogP contribution is -2.12. The van der Waals surface area contributed by atoms with E-state index in [1.165, 1.54) is 11.1 Å². The molecular weight excluding hydrogens is 188 g/mol. The fraction of sp³-hybridized carbons (Fsp3) is 0.250. The predicted molar refractivity (Wildman–Crippen MR) is 58.2 cm³/mol. The van der Waals surface area contributed by atoms with E-state index >= 15 is 0 Å². The topological polar surface area (TPSA) is 38.1 Å². The summed E-state index contributed by atoms with van der Waals surface area (Å²) in [6.07, 6.45) is 1.66. The van der Waals surface area contributed by atoms with Crippen LogP contribution in [0.1, 0.15) is 16.9 Å². The van der Waals surface area contributed by atoms with Crippen LogP contribution in [-0.2, 0) is 13.1 Å². The third-order valence-corrected chi connectivity index (χ3v) is 2.20. The average Bonchev–Trinajstić information content (AvgIpc) is 2.71. The average molecular weight is 202 g/mol. The molecule has 78 valence electrons. The maximum Gasteiger partial charge on any atom is 0.150 e. The maximum absolute atomic E-state index is 4.98. The number of hydrogen-bond donors (Lipinski definition) is 1. The van der Waals surface area contributed by atoms with E-state index in [1.54, 1.807) is 6.20 Å². The van der Waals surface area contributed by atoms with Crippen molar-refractivity contribution >= 4 is 0 Å². The molecule has 0 saturated heterocycles. The number of aromatic nitrogens is 1. The summed E-state index contributed by atoms with van der Waals surface area (Å²) in [5, 5.41) is 6.94. The van der Waals surface area contributed by atoms with Gasteiger partial charge in [0.15, 0.2) is 0 Å². The smallest absolute Gasteiger partial charge is 0.150 e. The van der Waals surface area contributed by atoms with Crippen LogP contribution >= 0.6 is 0 Å². The number of nitrogens with one attached hydrogen (secondary N) is 1. The van der Waals surface area contributed by atoms with Gasteiger partial charge >= 0.3 is 0 Å². The highest BCUT2D eigenvalue weighted by Gasteiger charge is 1.96. The molecule has 0 spiro atoms. The number of benzene rings is 1. The van der Waals surface area contributed by atoms with Crippen molar-refractivity contribution in [3.05, 3.63) is 53.4 Å². The molecule has 1 aromatic heterocycles. The second-order valence-corrected chi connectivity index (χ2v) is 3.57. The van der Waals surface area contributed by atoms with E-state index in [9.17, 15) is 0 Å². The molecule has 0 atom stereocenters. The molecule has 15 heavy (non-hydrogen) atoms. The van der Waals surface area contributed by atoms with E-state index in [0.29, 0.717) is 6.54 Å². The molecule has 3 nitrogen and oxygen atoms in total. The van der Waals surface area contributed by atoms with E-state index in [0.717, 1.165) is 12.3 Å². The highest BCUT2D eigenvalue weighted by atomic mass is 16.5. The van der Waals surface area contributed by atoms with Crippen LogP contribution < -0.4 is 5.32 Å². The van der Waals surface area contributed by atoms with Crippen molar-refractivity contribution in [1.82, 2.24) is 10.5 Å². The van der Waals surface area contributed by atoms with Gasteiger partial charge in [-0.2, -0.15) is 0 Å². The number of rotatable bonds is 4. The van der Waals surface area contributed by atoms with Gasteiger partial charge < -0.3 is 9.84 Å². The first-order valence-electron chi connectivity index (χ1n) is 5.00. The lowest BCUT2D eigenvalue weighted by atomic mass is 10.1. The summed E-state index contributed by atoms with van der Waals surface area (Å²) in [6, 6.07) is 10.3. The molecule has 2 aromatic rings. The lowest BCUT2D eigenvalue weighted by molar-refractivity contribution is 0.373. The second-order valence-electron chi connectivity index (χ2n) is 3.57. The molecule has 0 radical (unpaired) electrons. The van der Waals surface area contributed by atoms with E-state index < -0.39 is 0 Å². The lowest BCUT2D eigenvalue weighted by Gasteiger charge is -2.03. The minimum atomic E-state index is 0.716. The third-order valence-electron chi connectivity index (χ3n) is 2.20. The molecule has 0 aliphatic carbocycles. The van der Waals surface area contributed by atoms with Gasteiger partial charge in [-0.15, -0.1) is 0 Å². The van der Waals surface area contributed by atoms with Gasteiger partial charge in [-0.25, -0.2) is 0 Å². The molecule has 0 aliphatic heterocycles. The molecule has 0 unspecified atom stereocenters. The van der Waals surface area contributed by atoms with Crippen molar-refractivity contribution in [3.63, 3.8) is 0 Å². The largest absolute Gasteiger partial charge is 0.360 e. The molecule has 0 amide bonds. The highest BCUT2D eigenvalue weighted by molar-refractivity contribution is 5.21. The van der Waals surface area contributed by atoms with Gasteiger partial charge in [-0.1, -0.05) is 35.0 Å². The Hall–Kier alpha value is -1.61. The zero-order chi connectivity index (χ0) is 10.5. The second kappa shape index (κ2) is 4.75. The van der Waals surface area contributed by atoms with Gasteiger partial charge in [0, 0.05) is 12.6 Å². The Labute approximate surface area is 89.1 Å². The van der Waals surface area contributed by atoms with Crippen LogP contribution in [0.4, 0.5) is 0 Å². The molecule has 3 heteroatoms. The van der Waals surface area contributed by atoms with Crippen LogP contribution in [0.5, 0.6) is 0 Å². The Morgan fingerprint density at radius 3 is 2.93 bits per heavy atom. The van der Waals surface area contributed by atoms with Crippen molar-refractivity contribution < 1.29 is 4.52 Å². The standard InChI is InChI=1S/C12H14N2O/c1-10-3-2-4-11(7-10)8-13-9-12-5-6-14-15-12/h2-7,13H,8-9H2,1H3. The summed E-state index contributed by atoms with van der Waals surface area (Å²) in [5.74, 6) is 0.864. The monoisotopic (exact) mass is 202 g/mol. The fourth-order valence-corrected chi connectivity index (χ4v) is 1.49. The molecule has 1 N–H and O–H groups in total. The minimum Gasteiger partial charge on any atom is -0.360 e. The van der Waals surface area contributed by atoms with Crippen molar-refractivity contribution in [1.29, 1.82) is 0 Å². The molecule has 0 fully saturated rings. The van der Waals surface area contributed by atoms with Crippen molar-refractivity contribution in [3.8, 4) is 0 Å². The van der Waals surface area contributed by atoms with Crippen LogP contribution in [0.25, 0.3) is 0 Å². The van der Waals surface area contributed by atoms with Crippen LogP contribution in [0.15, 0.2) is 41.1 Å². The minimum absolute atomic E-state index is 0.716. The van der Waals surface area contributed by atoms with Crippen LogP contribution in [0.3, 0.4) is 0 Å². The van der Waals surface area contributed by atoms with E-state index in [-0.39, 0.29) is 0 Å². The number of nitrogens with zero attached hydrogens (tertiary/aromatic N) is 1. The molecule has 1 heterocycles. The first kappa shape index (κ1) is 9.93. The highest BCUT2D eigenvalue weighted by Crippen LogP contribution is 2.04. The zero-order valence-electron chi connectivity index (χ0n) is 8.73. The van der Waals surface area contributed by atoms with E-state index in [4.69, 9.17) is 4.52 Å². The van der Waals surface area contributed by atoms with Crippen molar-refractivity contribution in [2.75, 3.05) is 0 Å². The van der Waals surface area contributed by atoms with Crippen LogP contribution in [-0.4, -0.2) is 5.16 Å². The van der Waals surface area contributed by atoms with Gasteiger partial charge in [0.1, 0.15) is 5.76 Å². The van der Waals surface area contributed by atoms with Gasteiger partial charge in [0.05, 0.1) is 12.7 Å². The molecular formula is C12H14N2O. The summed E-state index contributed by atoms with van der Waals surface area (Å²) < 4.78 is 4.98. The first-order valence-corrected chi connectivity index (χ1v) is 5.00. The third kappa shape index (κ3) is 2.92. The van der Waals surface area contributed by atoms with E-state index in [1.807, 2.05) is 6.07 Å². The summed E-state index contributed by atoms with van der Waals surface area (Å²) in [4.78, 5) is 0. The summed E-state index contributed by atoms with van der Waals surface area (Å²) in [6.45, 7) is 3.66. The van der Waals surface area contributed by atoms with Crippen LogP contribution in [0.2, 0.25) is 0 Å². The molecule has 0 aliphatic rings. The molecule has 2 rings (SSSR count). The van der Waals surface area contributed by atoms with Gasteiger partial charge in [0.25, 0.3) is 0 Å². The molecule has 0 saturated carbocycles. The Morgan fingerprint density at radius 1 is 1.27 bits per heavy atom. The maximum atomic E-state index is 4.98. The Morgan fingerprint density at radius 2 is 2.20 bits per heavy atom. The van der Waals surface area contributed by atoms with Crippen LogP contribution in [0, 0.1) is 6.92 Å². The zero-order valence-corrected chi connectivity index (χ0v) is 8.73. The normalized spacial score (nSPS) is 10.5. The summed E-state index contributed by atoms with van der Waals surface area (Å²) >= 11 is 0. The Balaban J connectivity index is 1.83. The SMILES string of the molecule is Cc1cccc(CNCc2ccno2)c1. The summed E-state index contributed by atoms with van der Waals surface area (Å²) in [7, 11) is 0.